The van der Waals surface area contributed by atoms with Crippen molar-refractivity contribution < 1.29 is 24.1 Å². The van der Waals surface area contributed by atoms with Crippen molar-refractivity contribution in [3.8, 4) is 11.5 Å². The first-order chi connectivity index (χ1) is 9.61. The molecule has 0 bridgehead atoms. The Kier molecular flexibility index (Phi) is 3.36. The Balaban J connectivity index is 1.80. The molecule has 0 radical (unpaired) electrons. The van der Waals surface area contributed by atoms with E-state index < -0.39 is 11.4 Å². The second kappa shape index (κ2) is 4.91. The van der Waals surface area contributed by atoms with E-state index in [9.17, 15) is 5.11 Å². The van der Waals surface area contributed by atoms with Gasteiger partial charge in [-0.15, -0.1) is 0 Å². The van der Waals surface area contributed by atoms with Gasteiger partial charge in [-0.25, -0.2) is 0 Å². The van der Waals surface area contributed by atoms with Gasteiger partial charge in [0.25, 0.3) is 0 Å². The van der Waals surface area contributed by atoms with E-state index in [4.69, 9.17) is 18.9 Å². The van der Waals surface area contributed by atoms with Gasteiger partial charge in [-0.3, -0.25) is 0 Å². The minimum Gasteiger partial charge on any atom is -0.454 e. The molecule has 5 heteroatoms. The molecule has 1 saturated carbocycles. The van der Waals surface area contributed by atoms with Crippen LogP contribution >= 0.6 is 0 Å². The lowest BCUT2D eigenvalue weighted by Gasteiger charge is -2.42. The van der Waals surface area contributed by atoms with E-state index in [0.717, 1.165) is 11.3 Å². The molecule has 1 aliphatic heterocycles. The van der Waals surface area contributed by atoms with Crippen LogP contribution in [0.25, 0.3) is 0 Å². The molecule has 1 aliphatic carbocycles. The largest absolute Gasteiger partial charge is 0.454 e. The number of aliphatic hydroxyl groups is 1. The Morgan fingerprint density at radius 1 is 1.00 bits per heavy atom. The van der Waals surface area contributed by atoms with E-state index in [1.807, 2.05) is 18.2 Å². The van der Waals surface area contributed by atoms with Crippen molar-refractivity contribution in [1.29, 1.82) is 0 Å². The number of benzene rings is 1. The van der Waals surface area contributed by atoms with Crippen LogP contribution in [0.3, 0.4) is 0 Å². The average Bonchev–Trinajstić information content (AvgIpc) is 2.96. The van der Waals surface area contributed by atoms with Crippen LogP contribution in [0, 0.1) is 0 Å². The molecule has 0 amide bonds. The number of hydrogen-bond acceptors (Lipinski definition) is 5. The number of hydrogen-bond donors (Lipinski definition) is 1. The third kappa shape index (κ3) is 2.16. The van der Waals surface area contributed by atoms with Crippen LogP contribution in [0.4, 0.5) is 0 Å². The molecular formula is C15H20O5. The van der Waals surface area contributed by atoms with E-state index in [0.29, 0.717) is 31.4 Å². The molecule has 20 heavy (non-hydrogen) atoms. The number of methoxy groups -OCH3 is 2. The Labute approximate surface area is 118 Å². The normalized spacial score (nSPS) is 22.8. The molecule has 5 nitrogen and oxygen atoms in total. The van der Waals surface area contributed by atoms with Crippen LogP contribution in [0.2, 0.25) is 0 Å². The summed E-state index contributed by atoms with van der Waals surface area (Å²) >= 11 is 0. The van der Waals surface area contributed by atoms with Crippen molar-refractivity contribution in [2.75, 3.05) is 21.0 Å². The first-order valence-electron chi connectivity index (χ1n) is 6.84. The van der Waals surface area contributed by atoms with Gasteiger partial charge in [-0.2, -0.15) is 0 Å². The summed E-state index contributed by atoms with van der Waals surface area (Å²) in [5, 5.41) is 10.9. The van der Waals surface area contributed by atoms with Crippen molar-refractivity contribution >= 4 is 0 Å². The van der Waals surface area contributed by atoms with Crippen LogP contribution in [0.15, 0.2) is 18.2 Å². The third-order valence-corrected chi connectivity index (χ3v) is 4.49. The van der Waals surface area contributed by atoms with Gasteiger partial charge in [0.1, 0.15) is 0 Å². The monoisotopic (exact) mass is 280 g/mol. The fraction of sp³-hybridized carbons (Fsp3) is 0.600. The van der Waals surface area contributed by atoms with Gasteiger partial charge in [-0.05, 0) is 30.5 Å². The summed E-state index contributed by atoms with van der Waals surface area (Å²) in [6.45, 7) is 0.244. The Bertz CT molecular complexity index is 485. The van der Waals surface area contributed by atoms with Gasteiger partial charge >= 0.3 is 0 Å². The van der Waals surface area contributed by atoms with E-state index in [2.05, 4.69) is 0 Å². The van der Waals surface area contributed by atoms with Crippen LogP contribution in [-0.4, -0.2) is 31.9 Å². The van der Waals surface area contributed by atoms with E-state index in [1.54, 1.807) is 14.2 Å². The van der Waals surface area contributed by atoms with Gasteiger partial charge in [0, 0.05) is 27.1 Å². The lowest BCUT2D eigenvalue weighted by molar-refractivity contribution is -0.243. The van der Waals surface area contributed by atoms with Gasteiger partial charge in [0.2, 0.25) is 6.79 Å². The molecule has 0 saturated heterocycles. The standard InChI is InChI=1S/C15H20O5/c1-17-15(18-2)7-5-14(16,6-8-15)11-3-4-12-13(9-11)20-10-19-12/h3-4,9,16H,5-8,10H2,1-2H3. The maximum Gasteiger partial charge on any atom is 0.231 e. The number of fused-ring (bicyclic) bond motifs is 1. The highest BCUT2D eigenvalue weighted by Crippen LogP contribution is 2.45. The van der Waals surface area contributed by atoms with Crippen LogP contribution < -0.4 is 9.47 Å². The minimum atomic E-state index is -0.860. The Morgan fingerprint density at radius 2 is 1.65 bits per heavy atom. The molecule has 0 spiro atoms. The molecule has 1 aromatic carbocycles. The molecule has 1 aromatic rings. The van der Waals surface area contributed by atoms with Gasteiger partial charge in [-0.1, -0.05) is 6.07 Å². The fourth-order valence-corrected chi connectivity index (χ4v) is 3.01. The third-order valence-electron chi connectivity index (χ3n) is 4.49. The summed E-state index contributed by atoms with van der Waals surface area (Å²) in [5.41, 5.74) is 0.00389. The summed E-state index contributed by atoms with van der Waals surface area (Å²) < 4.78 is 21.6. The lowest BCUT2D eigenvalue weighted by atomic mass is 9.77. The van der Waals surface area contributed by atoms with Gasteiger partial charge < -0.3 is 24.1 Å². The van der Waals surface area contributed by atoms with Gasteiger partial charge in [0.15, 0.2) is 17.3 Å². The summed E-state index contributed by atoms with van der Waals surface area (Å²) in [5.74, 6) is 0.866. The Hall–Kier alpha value is -1.30. The van der Waals surface area contributed by atoms with E-state index in [-0.39, 0.29) is 6.79 Å². The van der Waals surface area contributed by atoms with Crippen molar-refractivity contribution in [1.82, 2.24) is 0 Å². The fourth-order valence-electron chi connectivity index (χ4n) is 3.01. The topological polar surface area (TPSA) is 57.2 Å². The molecule has 3 rings (SSSR count). The van der Waals surface area contributed by atoms with Gasteiger partial charge in [0.05, 0.1) is 5.60 Å². The molecule has 1 fully saturated rings. The average molecular weight is 280 g/mol. The highest BCUT2D eigenvalue weighted by Gasteiger charge is 2.43. The molecule has 1 N–H and O–H groups in total. The van der Waals surface area contributed by atoms with Crippen LogP contribution in [0.5, 0.6) is 11.5 Å². The molecule has 1 heterocycles. The van der Waals surface area contributed by atoms with Crippen molar-refractivity contribution in [2.24, 2.45) is 0 Å². The molecular weight excluding hydrogens is 260 g/mol. The lowest BCUT2D eigenvalue weighted by Crippen LogP contribution is -2.43. The van der Waals surface area contributed by atoms with Crippen molar-refractivity contribution in [3.63, 3.8) is 0 Å². The minimum absolute atomic E-state index is 0.244. The maximum absolute atomic E-state index is 10.9. The Morgan fingerprint density at radius 3 is 2.30 bits per heavy atom. The predicted octanol–water partition coefficient (Wildman–Crippen LogP) is 2.17. The van der Waals surface area contributed by atoms with E-state index in [1.165, 1.54) is 0 Å². The second-order valence-corrected chi connectivity index (χ2v) is 5.42. The van der Waals surface area contributed by atoms with Crippen molar-refractivity contribution in [2.45, 2.75) is 37.1 Å². The first-order valence-corrected chi connectivity index (χ1v) is 6.84. The summed E-state index contributed by atoms with van der Waals surface area (Å²) in [6, 6.07) is 5.62. The SMILES string of the molecule is COC1(OC)CCC(O)(c2ccc3c(c2)OCO3)CC1. The first kappa shape index (κ1) is 13.7. The molecule has 0 atom stereocenters. The zero-order chi connectivity index (χ0) is 14.2. The highest BCUT2D eigenvalue weighted by molar-refractivity contribution is 5.46. The smallest absolute Gasteiger partial charge is 0.231 e. The quantitative estimate of drug-likeness (QED) is 0.860. The van der Waals surface area contributed by atoms with Crippen LogP contribution in [-0.2, 0) is 15.1 Å². The summed E-state index contributed by atoms with van der Waals surface area (Å²) in [4.78, 5) is 0. The molecule has 2 aliphatic rings. The summed E-state index contributed by atoms with van der Waals surface area (Å²) in [7, 11) is 3.29. The molecule has 0 unspecified atom stereocenters. The predicted molar refractivity (Wildman–Crippen MR) is 71.7 cm³/mol. The zero-order valence-electron chi connectivity index (χ0n) is 11.8. The number of rotatable bonds is 3. The highest BCUT2D eigenvalue weighted by atomic mass is 16.7. The number of ether oxygens (including phenoxy) is 4. The molecule has 110 valence electrons. The maximum atomic E-state index is 10.9. The van der Waals surface area contributed by atoms with Crippen molar-refractivity contribution in [3.05, 3.63) is 23.8 Å². The summed E-state index contributed by atoms with van der Waals surface area (Å²) in [6.07, 6.45) is 2.50. The van der Waals surface area contributed by atoms with E-state index >= 15 is 0 Å². The molecule has 0 aromatic heterocycles. The van der Waals surface area contributed by atoms with Crippen LogP contribution in [0.1, 0.15) is 31.2 Å². The zero-order valence-corrected chi connectivity index (χ0v) is 11.8. The second-order valence-electron chi connectivity index (χ2n) is 5.42.